The summed E-state index contributed by atoms with van der Waals surface area (Å²) in [6.07, 6.45) is 1.07. The molecule has 0 radical (unpaired) electrons. The molecule has 35 heavy (non-hydrogen) atoms. The third-order valence-electron chi connectivity index (χ3n) is 5.81. The van der Waals surface area contributed by atoms with Gasteiger partial charge in [0.25, 0.3) is 5.91 Å². The van der Waals surface area contributed by atoms with E-state index in [1.165, 1.54) is 11.0 Å². The summed E-state index contributed by atoms with van der Waals surface area (Å²) in [5, 5.41) is 2.91. The van der Waals surface area contributed by atoms with E-state index >= 15 is 0 Å². The molecule has 3 aromatic rings. The second-order valence-electron chi connectivity index (χ2n) is 8.67. The second-order valence-corrected chi connectivity index (χ2v) is 8.67. The molecule has 0 heterocycles. The number of carbonyl (C=O) groups is 2. The van der Waals surface area contributed by atoms with Gasteiger partial charge in [-0.3, -0.25) is 9.59 Å². The van der Waals surface area contributed by atoms with Crippen molar-refractivity contribution in [2.45, 2.75) is 46.2 Å². The first-order valence-electron chi connectivity index (χ1n) is 11.9. The maximum absolute atomic E-state index is 14.6. The normalized spacial score (nSPS) is 11.5. The van der Waals surface area contributed by atoms with E-state index in [9.17, 15) is 14.0 Å². The highest BCUT2D eigenvalue weighted by Gasteiger charge is 2.31. The van der Waals surface area contributed by atoms with Gasteiger partial charge in [0.1, 0.15) is 17.6 Å². The molecule has 3 rings (SSSR count). The van der Waals surface area contributed by atoms with Gasteiger partial charge < -0.3 is 15.0 Å². The summed E-state index contributed by atoms with van der Waals surface area (Å²) in [6.45, 7) is 6.01. The fraction of sp³-hybridized carbons (Fsp3) is 0.310. The van der Waals surface area contributed by atoms with Crippen LogP contribution in [0.5, 0.6) is 5.75 Å². The lowest BCUT2D eigenvalue weighted by Crippen LogP contribution is -2.52. The number of halogens is 1. The lowest BCUT2D eigenvalue weighted by atomic mass is 10.0. The molecule has 0 aliphatic carbocycles. The molecule has 0 saturated carbocycles. The number of nitrogens with zero attached hydrogens (tertiary/aromatic N) is 1. The number of carbonyl (C=O) groups excluding carboxylic acids is 2. The molecule has 1 N–H and O–H groups in total. The Morgan fingerprint density at radius 3 is 2.43 bits per heavy atom. The molecule has 0 aliphatic rings. The van der Waals surface area contributed by atoms with Crippen LogP contribution in [-0.4, -0.2) is 35.9 Å². The Hall–Kier alpha value is -3.67. The third kappa shape index (κ3) is 7.41. The fourth-order valence-electron chi connectivity index (χ4n) is 3.82. The predicted octanol–water partition coefficient (Wildman–Crippen LogP) is 4.99. The van der Waals surface area contributed by atoms with E-state index in [2.05, 4.69) is 5.32 Å². The molecule has 1 atom stereocenters. The fourth-order valence-corrected chi connectivity index (χ4v) is 3.82. The number of rotatable bonds is 11. The largest absolute Gasteiger partial charge is 0.483 e. The molecule has 5 nitrogen and oxygen atoms in total. The Kier molecular flexibility index (Phi) is 9.41. The zero-order valence-corrected chi connectivity index (χ0v) is 20.6. The molecule has 3 aromatic carbocycles. The molecule has 0 fully saturated rings. The summed E-state index contributed by atoms with van der Waals surface area (Å²) in [6, 6.07) is 20.8. The maximum atomic E-state index is 14.6. The highest BCUT2D eigenvalue weighted by atomic mass is 19.1. The molecule has 0 saturated heterocycles. The highest BCUT2D eigenvalue weighted by Crippen LogP contribution is 2.21. The lowest BCUT2D eigenvalue weighted by Gasteiger charge is -2.31. The van der Waals surface area contributed by atoms with E-state index in [4.69, 9.17) is 4.74 Å². The number of benzene rings is 3. The highest BCUT2D eigenvalue weighted by molar-refractivity contribution is 5.88. The minimum Gasteiger partial charge on any atom is -0.483 e. The van der Waals surface area contributed by atoms with Crippen molar-refractivity contribution in [1.29, 1.82) is 0 Å². The topological polar surface area (TPSA) is 58.6 Å². The van der Waals surface area contributed by atoms with Gasteiger partial charge in [-0.2, -0.15) is 0 Å². The van der Waals surface area contributed by atoms with E-state index in [1.54, 1.807) is 18.2 Å². The summed E-state index contributed by atoms with van der Waals surface area (Å²) >= 11 is 0. The van der Waals surface area contributed by atoms with Crippen LogP contribution in [0.1, 0.15) is 35.6 Å². The van der Waals surface area contributed by atoms with Crippen molar-refractivity contribution < 1.29 is 18.7 Å². The summed E-state index contributed by atoms with van der Waals surface area (Å²) in [5.41, 5.74) is 3.17. The Labute approximate surface area is 206 Å². The summed E-state index contributed by atoms with van der Waals surface area (Å²) in [4.78, 5) is 28.2. The number of hydrogen-bond acceptors (Lipinski definition) is 3. The molecular weight excluding hydrogens is 443 g/mol. The van der Waals surface area contributed by atoms with Crippen molar-refractivity contribution in [2.24, 2.45) is 0 Å². The average Bonchev–Trinajstić information content (AvgIpc) is 2.86. The third-order valence-corrected chi connectivity index (χ3v) is 5.81. The van der Waals surface area contributed by atoms with Crippen LogP contribution in [0.4, 0.5) is 4.39 Å². The summed E-state index contributed by atoms with van der Waals surface area (Å²) < 4.78 is 20.5. The number of ether oxygens (including phenoxy) is 1. The molecule has 184 valence electrons. The smallest absolute Gasteiger partial charge is 0.261 e. The molecule has 1 unspecified atom stereocenters. The zero-order chi connectivity index (χ0) is 25.2. The Balaban J connectivity index is 1.92. The second kappa shape index (κ2) is 12.7. The molecule has 0 bridgehead atoms. The number of nitrogens with one attached hydrogen (secondary N) is 1. The van der Waals surface area contributed by atoms with Crippen molar-refractivity contribution >= 4 is 11.8 Å². The maximum Gasteiger partial charge on any atom is 0.261 e. The molecule has 0 aliphatic heterocycles. The van der Waals surface area contributed by atoms with Gasteiger partial charge in [0.05, 0.1) is 0 Å². The van der Waals surface area contributed by atoms with Crippen LogP contribution in [0, 0.1) is 19.7 Å². The standard InChI is InChI=1S/C29H33FN2O3/c1-4-16-31-29(34)26(18-23-10-6-5-7-11-23)32(19-24-12-8-9-13-25(24)30)28(33)20-35-27-17-21(2)14-15-22(27)3/h5-15,17,26H,4,16,18-20H2,1-3H3,(H,31,34). The van der Waals surface area contributed by atoms with Crippen LogP contribution < -0.4 is 10.1 Å². The Morgan fingerprint density at radius 2 is 1.71 bits per heavy atom. The molecule has 2 amide bonds. The quantitative estimate of drug-likeness (QED) is 0.424. The first-order chi connectivity index (χ1) is 16.9. The van der Waals surface area contributed by atoms with Crippen molar-refractivity contribution in [3.63, 3.8) is 0 Å². The van der Waals surface area contributed by atoms with Gasteiger partial charge in [-0.1, -0.05) is 67.6 Å². The SMILES string of the molecule is CCCNC(=O)C(Cc1ccccc1)N(Cc1ccccc1F)C(=O)COc1cc(C)ccc1C. The van der Waals surface area contributed by atoms with Crippen LogP contribution in [0.25, 0.3) is 0 Å². The zero-order valence-electron chi connectivity index (χ0n) is 20.6. The monoisotopic (exact) mass is 476 g/mol. The number of aryl methyl sites for hydroxylation is 2. The van der Waals surface area contributed by atoms with E-state index in [0.29, 0.717) is 24.3 Å². The molecule has 6 heteroatoms. The molecule has 0 spiro atoms. The van der Waals surface area contributed by atoms with Gasteiger partial charge in [-0.25, -0.2) is 4.39 Å². The molecule has 0 aromatic heterocycles. The van der Waals surface area contributed by atoms with E-state index < -0.39 is 11.9 Å². The van der Waals surface area contributed by atoms with Gasteiger partial charge in [-0.15, -0.1) is 0 Å². The van der Waals surface area contributed by atoms with Crippen LogP contribution in [0.15, 0.2) is 72.8 Å². The van der Waals surface area contributed by atoms with Gasteiger partial charge >= 0.3 is 0 Å². The van der Waals surface area contributed by atoms with Crippen LogP contribution in [0.2, 0.25) is 0 Å². The van der Waals surface area contributed by atoms with Crippen LogP contribution in [0.3, 0.4) is 0 Å². The van der Waals surface area contributed by atoms with Crippen LogP contribution >= 0.6 is 0 Å². The predicted molar refractivity (Wildman–Crippen MR) is 136 cm³/mol. The Morgan fingerprint density at radius 1 is 1.00 bits per heavy atom. The van der Waals surface area contributed by atoms with Gasteiger partial charge in [-0.05, 0) is 49.1 Å². The summed E-state index contributed by atoms with van der Waals surface area (Å²) in [5.74, 6) is -0.471. The summed E-state index contributed by atoms with van der Waals surface area (Å²) in [7, 11) is 0. The van der Waals surface area contributed by atoms with Gasteiger partial charge in [0.2, 0.25) is 5.91 Å². The number of hydrogen-bond donors (Lipinski definition) is 1. The van der Waals surface area contributed by atoms with E-state index in [-0.39, 0.29) is 25.0 Å². The minimum atomic E-state index is -0.821. The lowest BCUT2D eigenvalue weighted by molar-refractivity contribution is -0.142. The minimum absolute atomic E-state index is 0.0429. The van der Waals surface area contributed by atoms with E-state index in [0.717, 1.165) is 23.1 Å². The number of amides is 2. The average molecular weight is 477 g/mol. The van der Waals surface area contributed by atoms with Crippen molar-refractivity contribution in [3.8, 4) is 5.75 Å². The van der Waals surface area contributed by atoms with Gasteiger partial charge in [0, 0.05) is 25.1 Å². The van der Waals surface area contributed by atoms with E-state index in [1.807, 2.05) is 69.3 Å². The Bertz CT molecular complexity index is 1130. The van der Waals surface area contributed by atoms with Gasteiger partial charge in [0.15, 0.2) is 6.61 Å². The molecular formula is C29H33FN2O3. The van der Waals surface area contributed by atoms with Crippen LogP contribution in [-0.2, 0) is 22.6 Å². The van der Waals surface area contributed by atoms with Crippen molar-refractivity contribution in [2.75, 3.05) is 13.2 Å². The first kappa shape index (κ1) is 25.9. The van der Waals surface area contributed by atoms with Crippen molar-refractivity contribution in [1.82, 2.24) is 10.2 Å². The first-order valence-corrected chi connectivity index (χ1v) is 11.9. The van der Waals surface area contributed by atoms with Crippen molar-refractivity contribution in [3.05, 3.63) is 101 Å².